The minimum absolute atomic E-state index is 0.261. The number of benzene rings is 2. The molecule has 2 N–H and O–H groups in total. The van der Waals surface area contributed by atoms with Crippen LogP contribution in [-0.4, -0.2) is 46.4 Å². The summed E-state index contributed by atoms with van der Waals surface area (Å²) in [5.74, 6) is -1.48. The number of carboxylic acid groups (broad SMARTS) is 1. The van der Waals surface area contributed by atoms with Crippen LogP contribution < -0.4 is 5.32 Å². The van der Waals surface area contributed by atoms with Crippen LogP contribution in [0.4, 0.5) is 0 Å². The molecule has 2 amide bonds. The van der Waals surface area contributed by atoms with Gasteiger partial charge in [-0.3, -0.25) is 9.59 Å². The van der Waals surface area contributed by atoms with Gasteiger partial charge in [-0.15, -0.1) is 0 Å². The highest BCUT2D eigenvalue weighted by Crippen LogP contribution is 2.34. The first-order valence-corrected chi connectivity index (χ1v) is 9.86. The van der Waals surface area contributed by atoms with Gasteiger partial charge in [0.15, 0.2) is 5.54 Å². The zero-order valence-corrected chi connectivity index (χ0v) is 16.7. The van der Waals surface area contributed by atoms with Crippen LogP contribution in [0.5, 0.6) is 0 Å². The molecule has 152 valence electrons. The van der Waals surface area contributed by atoms with E-state index >= 15 is 0 Å². The Morgan fingerprint density at radius 2 is 1.90 bits per heavy atom. The largest absolute Gasteiger partial charge is 0.479 e. The van der Waals surface area contributed by atoms with E-state index in [9.17, 15) is 19.5 Å². The highest BCUT2D eigenvalue weighted by molar-refractivity contribution is 6.03. The molecule has 0 unspecified atom stereocenters. The fourth-order valence-electron chi connectivity index (χ4n) is 4.07. The van der Waals surface area contributed by atoms with Gasteiger partial charge in [0.05, 0.1) is 6.04 Å². The number of carbonyl (C=O) groups excluding carboxylic acids is 2. The predicted octanol–water partition coefficient (Wildman–Crippen LogP) is 3.11. The van der Waals surface area contributed by atoms with Crippen molar-refractivity contribution in [3.8, 4) is 11.1 Å². The van der Waals surface area contributed by atoms with E-state index in [1.807, 2.05) is 24.3 Å². The van der Waals surface area contributed by atoms with Crippen LogP contribution in [0.1, 0.15) is 42.6 Å². The van der Waals surface area contributed by atoms with Crippen molar-refractivity contribution in [2.45, 2.75) is 44.7 Å². The highest BCUT2D eigenvalue weighted by atomic mass is 16.4. The summed E-state index contributed by atoms with van der Waals surface area (Å²) < 4.78 is 0. The predicted molar refractivity (Wildman–Crippen MR) is 111 cm³/mol. The molecular weight excluding hydrogens is 368 g/mol. The number of aliphatic carboxylic acids is 1. The van der Waals surface area contributed by atoms with Gasteiger partial charge in [0.25, 0.3) is 5.91 Å². The summed E-state index contributed by atoms with van der Waals surface area (Å²) in [7, 11) is 0. The molecular formula is C23H26N2O4. The molecule has 1 aliphatic heterocycles. The van der Waals surface area contributed by atoms with E-state index in [0.717, 1.165) is 24.0 Å². The van der Waals surface area contributed by atoms with Crippen LogP contribution in [-0.2, 0) is 16.0 Å². The van der Waals surface area contributed by atoms with E-state index < -0.39 is 17.6 Å². The van der Waals surface area contributed by atoms with Gasteiger partial charge in [0.2, 0.25) is 6.41 Å². The van der Waals surface area contributed by atoms with Crippen molar-refractivity contribution in [1.82, 2.24) is 10.2 Å². The first-order chi connectivity index (χ1) is 13.9. The molecule has 1 fully saturated rings. The number of hydrogen-bond acceptors (Lipinski definition) is 3. The zero-order valence-electron chi connectivity index (χ0n) is 16.7. The molecule has 2 atom stereocenters. The number of aryl methyl sites for hydroxylation is 1. The molecule has 0 aliphatic carbocycles. The Labute approximate surface area is 170 Å². The lowest BCUT2D eigenvalue weighted by atomic mass is 9.91. The summed E-state index contributed by atoms with van der Waals surface area (Å²) in [6, 6.07) is 14.7. The molecule has 1 heterocycles. The summed E-state index contributed by atoms with van der Waals surface area (Å²) in [4.78, 5) is 37.8. The molecule has 6 nitrogen and oxygen atoms in total. The maximum atomic E-state index is 13.4. The first-order valence-electron chi connectivity index (χ1n) is 9.86. The van der Waals surface area contributed by atoms with E-state index in [4.69, 9.17) is 0 Å². The van der Waals surface area contributed by atoms with Gasteiger partial charge < -0.3 is 15.3 Å². The number of nitrogens with one attached hydrogen (secondary N) is 1. The molecule has 2 aromatic rings. The van der Waals surface area contributed by atoms with E-state index in [-0.39, 0.29) is 12.5 Å². The molecule has 0 aromatic heterocycles. The second-order valence-electron chi connectivity index (χ2n) is 7.53. The first kappa shape index (κ1) is 20.6. The SMILES string of the molecule is CCCc1ccc(-c2ccccc2C(=O)N2CC[C@H](NC=O)[C@@]2(C)C(=O)O)cc1. The Morgan fingerprint density at radius 1 is 1.21 bits per heavy atom. The summed E-state index contributed by atoms with van der Waals surface area (Å²) in [5.41, 5.74) is 1.86. The number of likely N-dealkylation sites (tertiary alicyclic amines) is 1. The molecule has 6 heteroatoms. The summed E-state index contributed by atoms with van der Waals surface area (Å²) in [5, 5.41) is 12.4. The maximum absolute atomic E-state index is 13.4. The average Bonchev–Trinajstić information content (AvgIpc) is 3.06. The van der Waals surface area contributed by atoms with Gasteiger partial charge in [0.1, 0.15) is 0 Å². The molecule has 29 heavy (non-hydrogen) atoms. The normalized spacial score (nSPS) is 21.0. The van der Waals surface area contributed by atoms with E-state index in [0.29, 0.717) is 18.4 Å². The van der Waals surface area contributed by atoms with Crippen molar-refractivity contribution >= 4 is 18.3 Å². The van der Waals surface area contributed by atoms with E-state index in [1.54, 1.807) is 12.1 Å². The van der Waals surface area contributed by atoms with Crippen LogP contribution in [0.15, 0.2) is 48.5 Å². The second-order valence-corrected chi connectivity index (χ2v) is 7.53. The van der Waals surface area contributed by atoms with Crippen LogP contribution >= 0.6 is 0 Å². The molecule has 1 aliphatic rings. The highest BCUT2D eigenvalue weighted by Gasteiger charge is 2.53. The van der Waals surface area contributed by atoms with Crippen molar-refractivity contribution < 1.29 is 19.5 Å². The lowest BCUT2D eigenvalue weighted by Gasteiger charge is -2.35. The molecule has 0 spiro atoms. The molecule has 2 aromatic carbocycles. The van der Waals surface area contributed by atoms with Crippen LogP contribution in [0, 0.1) is 0 Å². The van der Waals surface area contributed by atoms with Crippen molar-refractivity contribution in [2.75, 3.05) is 6.54 Å². The zero-order chi connectivity index (χ0) is 21.0. The Balaban J connectivity index is 1.98. The lowest BCUT2D eigenvalue weighted by Crippen LogP contribution is -2.59. The summed E-state index contributed by atoms with van der Waals surface area (Å²) in [6.07, 6.45) is 2.94. The number of carboxylic acids is 1. The number of hydrogen-bond donors (Lipinski definition) is 2. The van der Waals surface area contributed by atoms with Crippen LogP contribution in [0.3, 0.4) is 0 Å². The number of nitrogens with zero attached hydrogens (tertiary/aromatic N) is 1. The van der Waals surface area contributed by atoms with Crippen molar-refractivity contribution in [2.24, 2.45) is 0 Å². The molecule has 0 radical (unpaired) electrons. The van der Waals surface area contributed by atoms with Gasteiger partial charge in [-0.2, -0.15) is 0 Å². The molecule has 1 saturated heterocycles. The van der Waals surface area contributed by atoms with Crippen LogP contribution in [0.2, 0.25) is 0 Å². The van der Waals surface area contributed by atoms with Crippen molar-refractivity contribution in [1.29, 1.82) is 0 Å². The van der Waals surface area contributed by atoms with Gasteiger partial charge >= 0.3 is 5.97 Å². The van der Waals surface area contributed by atoms with Gasteiger partial charge in [-0.05, 0) is 42.5 Å². The standard InChI is InChI=1S/C23H26N2O4/c1-3-6-16-9-11-17(12-10-16)18-7-4-5-8-19(18)21(27)25-14-13-20(24-15-26)23(25,2)22(28)29/h4-5,7-12,15,20H,3,6,13-14H2,1-2H3,(H,24,26)(H,28,29)/t20-,23-/m0/s1. The molecule has 3 rings (SSSR count). The lowest BCUT2D eigenvalue weighted by molar-refractivity contribution is -0.148. The smallest absolute Gasteiger partial charge is 0.331 e. The fourth-order valence-corrected chi connectivity index (χ4v) is 4.07. The Bertz CT molecular complexity index is 909. The van der Waals surface area contributed by atoms with Crippen molar-refractivity contribution in [3.05, 3.63) is 59.7 Å². The number of carbonyl (C=O) groups is 3. The average molecular weight is 394 g/mol. The van der Waals surface area contributed by atoms with Gasteiger partial charge in [-0.1, -0.05) is 55.8 Å². The Kier molecular flexibility index (Phi) is 6.01. The van der Waals surface area contributed by atoms with Crippen molar-refractivity contribution in [3.63, 3.8) is 0 Å². The van der Waals surface area contributed by atoms with E-state index in [1.165, 1.54) is 17.4 Å². The minimum Gasteiger partial charge on any atom is -0.479 e. The Hall–Kier alpha value is -3.15. The third kappa shape index (κ3) is 3.75. The topological polar surface area (TPSA) is 86.7 Å². The van der Waals surface area contributed by atoms with E-state index in [2.05, 4.69) is 24.4 Å². The number of amides is 2. The second kappa shape index (κ2) is 8.47. The fraction of sp³-hybridized carbons (Fsp3) is 0.348. The third-order valence-electron chi connectivity index (χ3n) is 5.79. The minimum atomic E-state index is -1.50. The number of rotatable bonds is 7. The summed E-state index contributed by atoms with van der Waals surface area (Å²) >= 11 is 0. The van der Waals surface area contributed by atoms with Gasteiger partial charge in [0, 0.05) is 12.1 Å². The molecule has 0 bridgehead atoms. The third-order valence-corrected chi connectivity index (χ3v) is 5.79. The van der Waals surface area contributed by atoms with Gasteiger partial charge in [-0.25, -0.2) is 4.79 Å². The monoisotopic (exact) mass is 394 g/mol. The Morgan fingerprint density at radius 3 is 2.52 bits per heavy atom. The summed E-state index contributed by atoms with van der Waals surface area (Å²) in [6.45, 7) is 3.88. The van der Waals surface area contributed by atoms with Crippen LogP contribution in [0.25, 0.3) is 11.1 Å². The maximum Gasteiger partial charge on any atom is 0.331 e. The quantitative estimate of drug-likeness (QED) is 0.707. The molecule has 0 saturated carbocycles.